The Balaban J connectivity index is 1.83. The number of hydrogen-bond acceptors (Lipinski definition) is 2. The van der Waals surface area contributed by atoms with Crippen LogP contribution >= 0.6 is 0 Å². The molecule has 2 aromatic rings. The molecule has 0 radical (unpaired) electrons. The summed E-state index contributed by atoms with van der Waals surface area (Å²) in [7, 11) is 0. The zero-order valence-corrected chi connectivity index (χ0v) is 12.1. The lowest BCUT2D eigenvalue weighted by Crippen LogP contribution is -2.10. The van der Waals surface area contributed by atoms with Gasteiger partial charge in [-0.2, -0.15) is 0 Å². The van der Waals surface area contributed by atoms with Gasteiger partial charge in [0.05, 0.1) is 0 Å². The smallest absolute Gasteiger partial charge is 0.289 e. The standard InChI is InChI=1S/C19H18O2/c1-15-12-13-17(14-16-8-4-2-5-9-16)19(20-15)21-18-10-6-3-7-11-18/h2-12H,13-14H2,1H3. The Labute approximate surface area is 125 Å². The minimum absolute atomic E-state index is 0.616. The second-order valence-electron chi connectivity index (χ2n) is 5.09. The van der Waals surface area contributed by atoms with Crippen molar-refractivity contribution < 1.29 is 9.47 Å². The van der Waals surface area contributed by atoms with Gasteiger partial charge in [0.1, 0.15) is 11.5 Å². The van der Waals surface area contributed by atoms with E-state index in [0.717, 1.165) is 29.9 Å². The van der Waals surface area contributed by atoms with Crippen LogP contribution in [-0.2, 0) is 11.2 Å². The van der Waals surface area contributed by atoms with Gasteiger partial charge in [0.25, 0.3) is 5.95 Å². The lowest BCUT2D eigenvalue weighted by atomic mass is 10.0. The van der Waals surface area contributed by atoms with Gasteiger partial charge >= 0.3 is 0 Å². The predicted molar refractivity (Wildman–Crippen MR) is 83.7 cm³/mol. The van der Waals surface area contributed by atoms with Crippen LogP contribution in [0.3, 0.4) is 0 Å². The average molecular weight is 278 g/mol. The average Bonchev–Trinajstić information content (AvgIpc) is 2.52. The molecule has 0 saturated carbocycles. The van der Waals surface area contributed by atoms with Gasteiger partial charge in [-0.25, -0.2) is 0 Å². The Morgan fingerprint density at radius 3 is 2.33 bits per heavy atom. The summed E-state index contributed by atoms with van der Waals surface area (Å²) < 4.78 is 11.7. The van der Waals surface area contributed by atoms with Crippen molar-refractivity contribution >= 4 is 0 Å². The van der Waals surface area contributed by atoms with Gasteiger partial charge in [0.15, 0.2) is 0 Å². The maximum atomic E-state index is 5.93. The molecule has 0 N–H and O–H groups in total. The SMILES string of the molecule is CC1=CCC(Cc2ccccc2)=C(Oc2ccccc2)O1. The van der Waals surface area contributed by atoms with Gasteiger partial charge in [0.2, 0.25) is 0 Å². The molecule has 1 aliphatic rings. The molecule has 2 heteroatoms. The molecular weight excluding hydrogens is 260 g/mol. The van der Waals surface area contributed by atoms with Crippen LogP contribution in [0.5, 0.6) is 5.75 Å². The van der Waals surface area contributed by atoms with Crippen molar-refractivity contribution in [3.05, 3.63) is 89.6 Å². The van der Waals surface area contributed by atoms with Gasteiger partial charge in [0, 0.05) is 12.0 Å². The van der Waals surface area contributed by atoms with E-state index in [1.54, 1.807) is 0 Å². The lowest BCUT2D eigenvalue weighted by Gasteiger charge is -2.20. The summed E-state index contributed by atoms with van der Waals surface area (Å²) in [4.78, 5) is 0. The Bertz CT molecular complexity index is 654. The molecule has 1 heterocycles. The molecule has 0 amide bonds. The highest BCUT2D eigenvalue weighted by molar-refractivity contribution is 5.29. The van der Waals surface area contributed by atoms with Crippen LogP contribution in [0.1, 0.15) is 18.9 Å². The van der Waals surface area contributed by atoms with E-state index in [4.69, 9.17) is 9.47 Å². The molecule has 1 aliphatic heterocycles. The van der Waals surface area contributed by atoms with Gasteiger partial charge in [-0.1, -0.05) is 48.5 Å². The van der Waals surface area contributed by atoms with Crippen molar-refractivity contribution in [1.82, 2.24) is 0 Å². The molecule has 0 spiro atoms. The maximum absolute atomic E-state index is 5.93. The van der Waals surface area contributed by atoms with Crippen LogP contribution in [0.4, 0.5) is 0 Å². The first-order chi connectivity index (χ1) is 10.3. The Hall–Kier alpha value is -2.48. The highest BCUT2D eigenvalue weighted by atomic mass is 16.7. The predicted octanol–water partition coefficient (Wildman–Crippen LogP) is 4.84. The molecule has 0 unspecified atom stereocenters. The molecule has 0 saturated heterocycles. The second-order valence-corrected chi connectivity index (χ2v) is 5.09. The summed E-state index contributed by atoms with van der Waals surface area (Å²) in [5.74, 6) is 2.30. The molecule has 21 heavy (non-hydrogen) atoms. The minimum atomic E-state index is 0.616. The van der Waals surface area contributed by atoms with E-state index >= 15 is 0 Å². The number of hydrogen-bond donors (Lipinski definition) is 0. The molecule has 0 aromatic heterocycles. The quantitative estimate of drug-likeness (QED) is 0.796. The van der Waals surface area contributed by atoms with Crippen LogP contribution in [0, 0.1) is 0 Å². The molecule has 106 valence electrons. The molecule has 0 fully saturated rings. The third-order valence-electron chi connectivity index (χ3n) is 3.39. The van der Waals surface area contributed by atoms with E-state index in [2.05, 4.69) is 30.3 Å². The summed E-state index contributed by atoms with van der Waals surface area (Å²) >= 11 is 0. The van der Waals surface area contributed by atoms with Crippen molar-refractivity contribution in [3.8, 4) is 5.75 Å². The van der Waals surface area contributed by atoms with Gasteiger partial charge in [-0.05, 0) is 37.1 Å². The Kier molecular flexibility index (Phi) is 4.06. The van der Waals surface area contributed by atoms with Gasteiger partial charge in [-0.15, -0.1) is 0 Å². The first-order valence-corrected chi connectivity index (χ1v) is 7.15. The van der Waals surface area contributed by atoms with Crippen LogP contribution in [0.15, 0.2) is 84.0 Å². The molecular formula is C19H18O2. The number of allylic oxidation sites excluding steroid dienone is 3. The van der Waals surface area contributed by atoms with Crippen LogP contribution in [0.25, 0.3) is 0 Å². The monoisotopic (exact) mass is 278 g/mol. The molecule has 2 aromatic carbocycles. The van der Waals surface area contributed by atoms with E-state index < -0.39 is 0 Å². The molecule has 0 atom stereocenters. The maximum Gasteiger partial charge on any atom is 0.289 e. The fraction of sp³-hybridized carbons (Fsp3) is 0.158. The van der Waals surface area contributed by atoms with E-state index in [0.29, 0.717) is 5.95 Å². The zero-order valence-electron chi connectivity index (χ0n) is 12.1. The van der Waals surface area contributed by atoms with E-state index in [-0.39, 0.29) is 0 Å². The molecule has 0 bridgehead atoms. The highest BCUT2D eigenvalue weighted by Gasteiger charge is 2.16. The van der Waals surface area contributed by atoms with Gasteiger partial charge in [-0.3, -0.25) is 0 Å². The molecule has 0 aliphatic carbocycles. The van der Waals surface area contributed by atoms with Crippen molar-refractivity contribution in [1.29, 1.82) is 0 Å². The largest absolute Gasteiger partial charge is 0.431 e. The first-order valence-electron chi connectivity index (χ1n) is 7.15. The summed E-state index contributed by atoms with van der Waals surface area (Å²) in [6, 6.07) is 20.1. The van der Waals surface area contributed by atoms with Gasteiger partial charge < -0.3 is 9.47 Å². The summed E-state index contributed by atoms with van der Waals surface area (Å²) in [6.45, 7) is 1.95. The molecule has 3 rings (SSSR count). The highest BCUT2D eigenvalue weighted by Crippen LogP contribution is 2.27. The van der Waals surface area contributed by atoms with Crippen molar-refractivity contribution in [2.75, 3.05) is 0 Å². The van der Waals surface area contributed by atoms with Crippen LogP contribution in [-0.4, -0.2) is 0 Å². The number of para-hydroxylation sites is 1. The lowest BCUT2D eigenvalue weighted by molar-refractivity contribution is 0.149. The topological polar surface area (TPSA) is 18.5 Å². The number of rotatable bonds is 4. The third kappa shape index (κ3) is 3.54. The van der Waals surface area contributed by atoms with Crippen molar-refractivity contribution in [2.45, 2.75) is 19.8 Å². The zero-order chi connectivity index (χ0) is 14.5. The fourth-order valence-electron chi connectivity index (χ4n) is 2.29. The first kappa shape index (κ1) is 13.5. The van der Waals surface area contributed by atoms with Crippen LogP contribution in [0.2, 0.25) is 0 Å². The second kappa shape index (κ2) is 6.31. The molecule has 2 nitrogen and oxygen atoms in total. The summed E-state index contributed by atoms with van der Waals surface area (Å²) in [5.41, 5.74) is 2.42. The number of benzene rings is 2. The summed E-state index contributed by atoms with van der Waals surface area (Å²) in [6.07, 6.45) is 3.80. The summed E-state index contributed by atoms with van der Waals surface area (Å²) in [5, 5.41) is 0. The Morgan fingerprint density at radius 2 is 1.62 bits per heavy atom. The van der Waals surface area contributed by atoms with Crippen molar-refractivity contribution in [3.63, 3.8) is 0 Å². The minimum Gasteiger partial charge on any atom is -0.431 e. The number of ether oxygens (including phenoxy) is 2. The van der Waals surface area contributed by atoms with Crippen LogP contribution < -0.4 is 4.74 Å². The Morgan fingerprint density at radius 1 is 0.952 bits per heavy atom. The fourth-order valence-corrected chi connectivity index (χ4v) is 2.29. The third-order valence-corrected chi connectivity index (χ3v) is 3.39. The van der Waals surface area contributed by atoms with E-state index in [1.807, 2.05) is 43.3 Å². The van der Waals surface area contributed by atoms with E-state index in [9.17, 15) is 0 Å². The van der Waals surface area contributed by atoms with Crippen molar-refractivity contribution in [2.24, 2.45) is 0 Å². The normalized spacial score (nSPS) is 14.4. The van der Waals surface area contributed by atoms with E-state index in [1.165, 1.54) is 5.56 Å².